The van der Waals surface area contributed by atoms with Crippen molar-refractivity contribution in [3.8, 4) is 0 Å². The van der Waals surface area contributed by atoms with Gasteiger partial charge in [-0.2, -0.15) is 11.8 Å². The summed E-state index contributed by atoms with van der Waals surface area (Å²) in [5, 5.41) is 17.5. The van der Waals surface area contributed by atoms with E-state index in [0.29, 0.717) is 25.0 Å². The topological polar surface area (TPSA) is 79.0 Å². The van der Waals surface area contributed by atoms with Gasteiger partial charge in [0.1, 0.15) is 12.4 Å². The SMILES string of the molecule is CCNC(=NCC1(O)CCC1SCC)NCCCOCc1ccco1.I. The summed E-state index contributed by atoms with van der Waals surface area (Å²) in [7, 11) is 0. The van der Waals surface area contributed by atoms with Gasteiger partial charge < -0.3 is 24.9 Å². The predicted octanol–water partition coefficient (Wildman–Crippen LogP) is 3.01. The van der Waals surface area contributed by atoms with Crippen molar-refractivity contribution in [2.75, 3.05) is 32.0 Å². The number of hydrogen-bond donors (Lipinski definition) is 3. The lowest BCUT2D eigenvalue weighted by Crippen LogP contribution is -2.53. The molecule has 1 aromatic rings. The van der Waals surface area contributed by atoms with E-state index in [0.717, 1.165) is 49.8 Å². The largest absolute Gasteiger partial charge is 0.467 e. The number of aliphatic imine (C=N–C) groups is 1. The Morgan fingerprint density at radius 2 is 2.31 bits per heavy atom. The van der Waals surface area contributed by atoms with Crippen molar-refractivity contribution in [3.63, 3.8) is 0 Å². The number of nitrogens with zero attached hydrogens (tertiary/aromatic N) is 1. The van der Waals surface area contributed by atoms with E-state index in [1.165, 1.54) is 0 Å². The second-order valence-electron chi connectivity index (χ2n) is 6.19. The monoisotopic (exact) mass is 497 g/mol. The van der Waals surface area contributed by atoms with Crippen molar-refractivity contribution in [3.05, 3.63) is 24.2 Å². The molecule has 150 valence electrons. The van der Waals surface area contributed by atoms with Crippen LogP contribution in [0.5, 0.6) is 0 Å². The molecule has 1 aromatic heterocycles. The number of aliphatic hydroxyl groups is 1. The number of hydrogen-bond acceptors (Lipinski definition) is 5. The van der Waals surface area contributed by atoms with Crippen LogP contribution in [0.4, 0.5) is 0 Å². The Morgan fingerprint density at radius 1 is 1.46 bits per heavy atom. The highest BCUT2D eigenvalue weighted by Crippen LogP contribution is 2.41. The Labute approximate surface area is 177 Å². The molecule has 6 nitrogen and oxygen atoms in total. The van der Waals surface area contributed by atoms with Crippen molar-refractivity contribution < 1.29 is 14.3 Å². The molecule has 1 fully saturated rings. The average molecular weight is 497 g/mol. The third-order valence-corrected chi connectivity index (χ3v) is 5.65. The first-order valence-electron chi connectivity index (χ1n) is 9.14. The number of nitrogens with one attached hydrogen (secondary N) is 2. The molecule has 26 heavy (non-hydrogen) atoms. The Bertz CT molecular complexity index is 516. The fraction of sp³-hybridized carbons (Fsp3) is 0.722. The Hall–Kier alpha value is -0.450. The van der Waals surface area contributed by atoms with E-state index in [1.807, 2.05) is 30.8 Å². The van der Waals surface area contributed by atoms with Crippen LogP contribution < -0.4 is 10.6 Å². The third kappa shape index (κ3) is 7.66. The molecule has 1 saturated carbocycles. The lowest BCUT2D eigenvalue weighted by molar-refractivity contribution is -0.0154. The summed E-state index contributed by atoms with van der Waals surface area (Å²) in [6.45, 7) is 7.36. The Balaban J connectivity index is 0.00000338. The minimum Gasteiger partial charge on any atom is -0.467 e. The van der Waals surface area contributed by atoms with Crippen molar-refractivity contribution in [1.29, 1.82) is 0 Å². The summed E-state index contributed by atoms with van der Waals surface area (Å²) in [6.07, 6.45) is 4.46. The maximum absolute atomic E-state index is 10.6. The zero-order valence-corrected chi connectivity index (χ0v) is 18.8. The lowest BCUT2D eigenvalue weighted by atomic mass is 9.79. The number of guanidine groups is 1. The van der Waals surface area contributed by atoms with Gasteiger partial charge in [-0.1, -0.05) is 6.92 Å². The highest BCUT2D eigenvalue weighted by atomic mass is 127. The molecular formula is C18H32IN3O3S. The van der Waals surface area contributed by atoms with Gasteiger partial charge >= 0.3 is 0 Å². The fourth-order valence-corrected chi connectivity index (χ4v) is 3.91. The second-order valence-corrected chi connectivity index (χ2v) is 7.67. The fourth-order valence-electron chi connectivity index (χ4n) is 2.72. The van der Waals surface area contributed by atoms with E-state index in [-0.39, 0.29) is 24.0 Å². The predicted molar refractivity (Wildman–Crippen MR) is 118 cm³/mol. The molecule has 2 rings (SSSR count). The lowest BCUT2D eigenvalue weighted by Gasteiger charge is -2.44. The first-order valence-corrected chi connectivity index (χ1v) is 10.2. The molecule has 0 aliphatic heterocycles. The van der Waals surface area contributed by atoms with E-state index >= 15 is 0 Å². The van der Waals surface area contributed by atoms with Crippen LogP contribution in [0.25, 0.3) is 0 Å². The molecular weight excluding hydrogens is 465 g/mol. The summed E-state index contributed by atoms with van der Waals surface area (Å²) >= 11 is 1.83. The Morgan fingerprint density at radius 3 is 2.92 bits per heavy atom. The van der Waals surface area contributed by atoms with Gasteiger partial charge in [-0.25, -0.2) is 0 Å². The highest BCUT2D eigenvalue weighted by molar-refractivity contribution is 14.0. The number of halogens is 1. The standard InChI is InChI=1S/C18H31N3O3S.HI/c1-3-19-17(21-14-18(22)9-8-16(18)25-4-2)20-10-6-11-23-13-15-7-5-12-24-15;/h5,7,12,16,22H,3-4,6,8-11,13-14H2,1-2H3,(H2,19,20,21);1H. The van der Waals surface area contributed by atoms with Crippen LogP contribution in [0.15, 0.2) is 27.8 Å². The first-order chi connectivity index (χ1) is 12.2. The maximum Gasteiger partial charge on any atom is 0.191 e. The third-order valence-electron chi connectivity index (χ3n) is 4.24. The van der Waals surface area contributed by atoms with Crippen LogP contribution in [0.2, 0.25) is 0 Å². The molecule has 0 aromatic carbocycles. The molecule has 0 spiro atoms. The van der Waals surface area contributed by atoms with Gasteiger partial charge in [0, 0.05) is 24.9 Å². The quantitative estimate of drug-likeness (QED) is 0.189. The number of rotatable bonds is 11. The summed E-state index contributed by atoms with van der Waals surface area (Å²) in [5.74, 6) is 2.64. The number of ether oxygens (including phenoxy) is 1. The normalized spacial score (nSPS) is 22.4. The summed E-state index contributed by atoms with van der Waals surface area (Å²) < 4.78 is 10.8. The van der Waals surface area contributed by atoms with Gasteiger partial charge in [0.2, 0.25) is 0 Å². The Kier molecular flexibility index (Phi) is 11.7. The molecule has 0 amide bonds. The summed E-state index contributed by atoms with van der Waals surface area (Å²) in [5.41, 5.74) is -0.644. The van der Waals surface area contributed by atoms with Crippen LogP contribution in [-0.4, -0.2) is 53.9 Å². The average Bonchev–Trinajstić information content (AvgIpc) is 3.12. The molecule has 2 atom stereocenters. The minimum atomic E-state index is -0.644. The van der Waals surface area contributed by atoms with Gasteiger partial charge in [0.15, 0.2) is 5.96 Å². The van der Waals surface area contributed by atoms with Crippen LogP contribution in [0.3, 0.4) is 0 Å². The summed E-state index contributed by atoms with van der Waals surface area (Å²) in [4.78, 5) is 4.57. The zero-order chi connectivity index (χ0) is 18.0. The second kappa shape index (κ2) is 12.9. The van der Waals surface area contributed by atoms with Crippen LogP contribution in [-0.2, 0) is 11.3 Å². The van der Waals surface area contributed by atoms with Crippen LogP contribution in [0, 0.1) is 0 Å². The molecule has 1 aliphatic rings. The van der Waals surface area contributed by atoms with Crippen molar-refractivity contribution in [1.82, 2.24) is 10.6 Å². The van der Waals surface area contributed by atoms with Crippen molar-refractivity contribution >= 4 is 41.7 Å². The van der Waals surface area contributed by atoms with Crippen LogP contribution in [0.1, 0.15) is 38.9 Å². The zero-order valence-electron chi connectivity index (χ0n) is 15.7. The van der Waals surface area contributed by atoms with Crippen molar-refractivity contribution in [2.45, 2.75) is 50.6 Å². The van der Waals surface area contributed by atoms with E-state index in [1.54, 1.807) is 6.26 Å². The summed E-state index contributed by atoms with van der Waals surface area (Å²) in [6, 6.07) is 3.77. The van der Waals surface area contributed by atoms with E-state index < -0.39 is 5.60 Å². The van der Waals surface area contributed by atoms with Crippen molar-refractivity contribution in [2.24, 2.45) is 4.99 Å². The maximum atomic E-state index is 10.6. The van der Waals surface area contributed by atoms with E-state index in [4.69, 9.17) is 9.15 Å². The van der Waals surface area contributed by atoms with Gasteiger partial charge in [0.25, 0.3) is 0 Å². The van der Waals surface area contributed by atoms with Crippen LogP contribution >= 0.6 is 35.7 Å². The minimum absolute atomic E-state index is 0. The smallest absolute Gasteiger partial charge is 0.191 e. The van der Waals surface area contributed by atoms with Gasteiger partial charge in [-0.3, -0.25) is 4.99 Å². The molecule has 0 bridgehead atoms. The highest BCUT2D eigenvalue weighted by Gasteiger charge is 2.45. The molecule has 1 heterocycles. The molecule has 8 heteroatoms. The molecule has 0 radical (unpaired) electrons. The molecule has 2 unspecified atom stereocenters. The van der Waals surface area contributed by atoms with Gasteiger partial charge in [0.05, 0.1) is 18.4 Å². The van der Waals surface area contributed by atoms with E-state index in [2.05, 4.69) is 22.5 Å². The van der Waals surface area contributed by atoms with Gasteiger partial charge in [-0.05, 0) is 44.1 Å². The number of furan rings is 1. The molecule has 1 aliphatic carbocycles. The number of thioether (sulfide) groups is 1. The molecule has 0 saturated heterocycles. The first kappa shape index (κ1) is 23.6. The van der Waals surface area contributed by atoms with E-state index in [9.17, 15) is 5.11 Å². The molecule has 3 N–H and O–H groups in total. The van der Waals surface area contributed by atoms with Gasteiger partial charge in [-0.15, -0.1) is 24.0 Å².